The molecule has 0 aliphatic rings. The third-order valence-corrected chi connectivity index (χ3v) is 3.43. The van der Waals surface area contributed by atoms with Crippen LogP contribution >= 0.6 is 11.6 Å². The van der Waals surface area contributed by atoms with E-state index in [4.69, 9.17) is 16.7 Å². The molecule has 1 N–H and O–H groups in total. The van der Waals surface area contributed by atoms with E-state index < -0.39 is 11.8 Å². The minimum absolute atomic E-state index is 0.0515. The Morgan fingerprint density at radius 1 is 1.50 bits per heavy atom. The molecule has 0 radical (unpaired) electrons. The number of hydrogen-bond acceptors (Lipinski definition) is 4. The lowest BCUT2D eigenvalue weighted by atomic mass is 10.3. The molecule has 0 aliphatic heterocycles. The van der Waals surface area contributed by atoms with Crippen LogP contribution in [0.15, 0.2) is 24.4 Å². The molecular formula is C14H16ClFN4O2. The zero-order chi connectivity index (χ0) is 16.3. The van der Waals surface area contributed by atoms with Gasteiger partial charge in [0.2, 0.25) is 0 Å². The molecule has 0 bridgehead atoms. The predicted octanol–water partition coefficient (Wildman–Crippen LogP) is 2.35. The van der Waals surface area contributed by atoms with Crippen molar-refractivity contribution in [3.8, 4) is 5.69 Å². The van der Waals surface area contributed by atoms with Crippen molar-refractivity contribution < 1.29 is 14.3 Å². The zero-order valence-electron chi connectivity index (χ0n) is 12.2. The van der Waals surface area contributed by atoms with Crippen LogP contribution in [0.25, 0.3) is 5.69 Å². The van der Waals surface area contributed by atoms with Gasteiger partial charge in [-0.05, 0) is 32.0 Å². The number of carbonyl (C=O) groups is 1. The summed E-state index contributed by atoms with van der Waals surface area (Å²) < 4.78 is 14.5. The topological polar surface area (TPSA) is 71.2 Å². The lowest BCUT2D eigenvalue weighted by molar-refractivity contribution is -0.139. The van der Waals surface area contributed by atoms with Crippen molar-refractivity contribution in [1.82, 2.24) is 19.9 Å². The van der Waals surface area contributed by atoms with Crippen molar-refractivity contribution in [2.75, 3.05) is 6.54 Å². The highest BCUT2D eigenvalue weighted by molar-refractivity contribution is 6.32. The molecule has 8 heteroatoms. The maximum Gasteiger partial charge on any atom is 0.317 e. The van der Waals surface area contributed by atoms with Gasteiger partial charge in [-0.2, -0.15) is 0 Å². The summed E-state index contributed by atoms with van der Waals surface area (Å²) in [6, 6.07) is 4.04. The van der Waals surface area contributed by atoms with Crippen LogP contribution in [0.1, 0.15) is 19.5 Å². The van der Waals surface area contributed by atoms with Gasteiger partial charge in [-0.3, -0.25) is 9.69 Å². The number of aliphatic carboxylic acids is 1. The quantitative estimate of drug-likeness (QED) is 0.882. The summed E-state index contributed by atoms with van der Waals surface area (Å²) >= 11 is 5.98. The summed E-state index contributed by atoms with van der Waals surface area (Å²) in [6.07, 6.45) is 1.65. The van der Waals surface area contributed by atoms with Gasteiger partial charge < -0.3 is 5.11 Å². The molecule has 2 aromatic rings. The summed E-state index contributed by atoms with van der Waals surface area (Å²) in [6.45, 7) is 4.08. The van der Waals surface area contributed by atoms with Crippen LogP contribution in [-0.2, 0) is 11.3 Å². The highest BCUT2D eigenvalue weighted by Gasteiger charge is 2.16. The minimum Gasteiger partial charge on any atom is -0.480 e. The lowest BCUT2D eigenvalue weighted by Gasteiger charge is -2.22. The molecule has 0 fully saturated rings. The Kier molecular flexibility index (Phi) is 5.10. The van der Waals surface area contributed by atoms with E-state index in [9.17, 15) is 9.18 Å². The van der Waals surface area contributed by atoms with E-state index >= 15 is 0 Å². The largest absolute Gasteiger partial charge is 0.480 e. The number of hydrogen-bond donors (Lipinski definition) is 1. The second-order valence-electron chi connectivity index (χ2n) is 5.14. The van der Waals surface area contributed by atoms with Crippen molar-refractivity contribution in [2.45, 2.75) is 26.4 Å². The smallest absolute Gasteiger partial charge is 0.317 e. The molecule has 0 unspecified atom stereocenters. The molecule has 2 rings (SSSR count). The monoisotopic (exact) mass is 326 g/mol. The molecule has 118 valence electrons. The van der Waals surface area contributed by atoms with Crippen LogP contribution in [0.3, 0.4) is 0 Å². The number of carboxylic acid groups (broad SMARTS) is 1. The molecule has 22 heavy (non-hydrogen) atoms. The van der Waals surface area contributed by atoms with Crippen molar-refractivity contribution in [3.05, 3.63) is 40.9 Å². The molecule has 6 nitrogen and oxygen atoms in total. The van der Waals surface area contributed by atoms with Crippen molar-refractivity contribution in [2.24, 2.45) is 0 Å². The highest BCUT2D eigenvalue weighted by atomic mass is 35.5. The van der Waals surface area contributed by atoms with E-state index in [2.05, 4.69) is 10.3 Å². The number of benzene rings is 1. The Bertz CT molecular complexity index is 675. The van der Waals surface area contributed by atoms with E-state index in [1.54, 1.807) is 11.1 Å². The van der Waals surface area contributed by atoms with Crippen molar-refractivity contribution in [3.63, 3.8) is 0 Å². The van der Waals surface area contributed by atoms with Crippen molar-refractivity contribution >= 4 is 17.6 Å². The highest BCUT2D eigenvalue weighted by Crippen LogP contribution is 2.21. The molecule has 1 heterocycles. The van der Waals surface area contributed by atoms with Crippen LogP contribution in [0.2, 0.25) is 5.02 Å². The van der Waals surface area contributed by atoms with E-state index in [1.807, 2.05) is 13.8 Å². The first-order valence-electron chi connectivity index (χ1n) is 6.69. The number of nitrogens with zero attached hydrogens (tertiary/aromatic N) is 4. The van der Waals surface area contributed by atoms with Crippen LogP contribution < -0.4 is 0 Å². The standard InChI is InChI=1S/C14H16ClFN4O2/c1-9(2)19(8-14(21)22)6-11-7-20(18-17-11)13-4-3-10(16)5-12(13)15/h3-5,7,9H,6,8H2,1-2H3,(H,21,22). The fourth-order valence-electron chi connectivity index (χ4n) is 1.96. The summed E-state index contributed by atoms with van der Waals surface area (Å²) in [5.74, 6) is -1.33. The first-order valence-corrected chi connectivity index (χ1v) is 7.07. The molecule has 0 saturated carbocycles. The summed E-state index contributed by atoms with van der Waals surface area (Å²) in [4.78, 5) is 12.6. The average Bonchev–Trinajstić information content (AvgIpc) is 2.85. The number of rotatable bonds is 6. The minimum atomic E-state index is -0.900. The van der Waals surface area contributed by atoms with Gasteiger partial charge in [0.1, 0.15) is 5.82 Å². The maximum absolute atomic E-state index is 13.1. The molecule has 1 aromatic heterocycles. The summed E-state index contributed by atoms with van der Waals surface area (Å²) in [7, 11) is 0. The zero-order valence-corrected chi connectivity index (χ0v) is 13.0. The summed E-state index contributed by atoms with van der Waals surface area (Å²) in [5.41, 5.74) is 1.12. The van der Waals surface area contributed by atoms with Crippen molar-refractivity contribution in [1.29, 1.82) is 0 Å². The van der Waals surface area contributed by atoms with Gasteiger partial charge in [-0.15, -0.1) is 5.10 Å². The van der Waals surface area contributed by atoms with Crippen LogP contribution in [0.4, 0.5) is 4.39 Å². The first-order chi connectivity index (χ1) is 10.4. The van der Waals surface area contributed by atoms with Gasteiger partial charge in [0.25, 0.3) is 0 Å². The fraction of sp³-hybridized carbons (Fsp3) is 0.357. The number of aromatic nitrogens is 3. The van der Waals surface area contributed by atoms with E-state index in [-0.39, 0.29) is 17.6 Å². The normalized spacial score (nSPS) is 11.4. The Morgan fingerprint density at radius 3 is 2.82 bits per heavy atom. The number of halogens is 2. The second kappa shape index (κ2) is 6.85. The van der Waals surface area contributed by atoms with E-state index in [0.717, 1.165) is 0 Å². The van der Waals surface area contributed by atoms with Gasteiger partial charge >= 0.3 is 5.97 Å². The Balaban J connectivity index is 2.18. The van der Waals surface area contributed by atoms with Gasteiger partial charge in [-0.25, -0.2) is 9.07 Å². The molecule has 0 atom stereocenters. The van der Waals surface area contributed by atoms with E-state index in [1.165, 1.54) is 22.9 Å². The summed E-state index contributed by atoms with van der Waals surface area (Å²) in [5, 5.41) is 17.1. The maximum atomic E-state index is 13.1. The van der Waals surface area contributed by atoms with Crippen LogP contribution in [0.5, 0.6) is 0 Å². The average molecular weight is 327 g/mol. The molecule has 1 aromatic carbocycles. The molecule has 0 aliphatic carbocycles. The molecule has 0 spiro atoms. The number of carboxylic acids is 1. The van der Waals surface area contributed by atoms with E-state index in [0.29, 0.717) is 17.9 Å². The first kappa shape index (κ1) is 16.4. The molecule has 0 saturated heterocycles. The van der Waals surface area contributed by atoms with Gasteiger partial charge in [0.05, 0.1) is 29.1 Å². The lowest BCUT2D eigenvalue weighted by Crippen LogP contribution is -2.35. The SMILES string of the molecule is CC(C)N(CC(=O)O)Cc1cn(-c2ccc(F)cc2Cl)nn1. The molecular weight excluding hydrogens is 311 g/mol. The Labute approximate surface area is 132 Å². The third kappa shape index (κ3) is 4.02. The Morgan fingerprint density at radius 2 is 2.23 bits per heavy atom. The Hall–Kier alpha value is -1.99. The second-order valence-corrected chi connectivity index (χ2v) is 5.55. The predicted molar refractivity (Wildman–Crippen MR) is 79.5 cm³/mol. The van der Waals surface area contributed by atoms with Crippen LogP contribution in [0, 0.1) is 5.82 Å². The van der Waals surface area contributed by atoms with Gasteiger partial charge in [-0.1, -0.05) is 16.8 Å². The van der Waals surface area contributed by atoms with Gasteiger partial charge in [0, 0.05) is 12.6 Å². The molecule has 0 amide bonds. The van der Waals surface area contributed by atoms with Gasteiger partial charge in [0.15, 0.2) is 0 Å². The van der Waals surface area contributed by atoms with Crippen LogP contribution in [-0.4, -0.2) is 43.6 Å². The fourth-order valence-corrected chi connectivity index (χ4v) is 2.21. The third-order valence-electron chi connectivity index (χ3n) is 3.13.